The van der Waals surface area contributed by atoms with Gasteiger partial charge in [0.1, 0.15) is 0 Å². The minimum atomic E-state index is -0.150. The number of amides is 1. The van der Waals surface area contributed by atoms with Gasteiger partial charge in [0.25, 0.3) is 5.91 Å². The molecule has 0 radical (unpaired) electrons. The predicted octanol–water partition coefficient (Wildman–Crippen LogP) is 4.08. The van der Waals surface area contributed by atoms with E-state index >= 15 is 0 Å². The normalized spacial score (nSPS) is 10.8. The Labute approximate surface area is 132 Å². The zero-order chi connectivity index (χ0) is 15.6. The second kappa shape index (κ2) is 5.46. The molecule has 2 N–H and O–H groups in total. The summed E-state index contributed by atoms with van der Waals surface area (Å²) < 4.78 is 5.24. The van der Waals surface area contributed by atoms with Crippen LogP contribution >= 0.6 is 0 Å². The Balaban J connectivity index is 1.58. The first-order valence-corrected chi connectivity index (χ1v) is 7.18. The van der Waals surface area contributed by atoms with Gasteiger partial charge in [0.15, 0.2) is 12.2 Å². The van der Waals surface area contributed by atoms with Crippen LogP contribution in [-0.2, 0) is 0 Å². The smallest absolute Gasteiger partial charge is 0.255 e. The van der Waals surface area contributed by atoms with Crippen LogP contribution in [0.5, 0.6) is 0 Å². The average Bonchev–Trinajstić information content (AvgIpc) is 3.27. The summed E-state index contributed by atoms with van der Waals surface area (Å²) in [5.74, 6) is 0.525. The van der Waals surface area contributed by atoms with Crippen molar-refractivity contribution in [2.45, 2.75) is 0 Å². The van der Waals surface area contributed by atoms with Gasteiger partial charge in [-0.2, -0.15) is 0 Å². The van der Waals surface area contributed by atoms with Gasteiger partial charge in [-0.3, -0.25) is 4.79 Å². The molecule has 2 aromatic heterocycles. The summed E-state index contributed by atoms with van der Waals surface area (Å²) in [5.41, 5.74) is 3.24. The molecule has 0 fully saturated rings. The first kappa shape index (κ1) is 13.3. The fourth-order valence-corrected chi connectivity index (χ4v) is 2.53. The molecule has 0 aliphatic carbocycles. The maximum Gasteiger partial charge on any atom is 0.255 e. The summed E-state index contributed by atoms with van der Waals surface area (Å²) in [6.45, 7) is 0. The van der Waals surface area contributed by atoms with Crippen LogP contribution in [0.15, 0.2) is 71.7 Å². The summed E-state index contributed by atoms with van der Waals surface area (Å²) in [4.78, 5) is 19.4. The molecule has 5 nitrogen and oxygen atoms in total. The Morgan fingerprint density at radius 3 is 2.74 bits per heavy atom. The second-order valence-electron chi connectivity index (χ2n) is 5.14. The lowest BCUT2D eigenvalue weighted by molar-refractivity contribution is 0.102. The number of benzene rings is 2. The van der Waals surface area contributed by atoms with Crippen LogP contribution in [0.3, 0.4) is 0 Å². The molecular weight excluding hydrogens is 290 g/mol. The first-order chi connectivity index (χ1) is 11.3. The number of H-pyrrole nitrogens is 1. The van der Waals surface area contributed by atoms with Crippen molar-refractivity contribution in [3.63, 3.8) is 0 Å². The number of aromatic amines is 1. The summed E-state index contributed by atoms with van der Waals surface area (Å²) in [6, 6.07) is 14.9. The molecule has 5 heteroatoms. The van der Waals surface area contributed by atoms with E-state index in [1.807, 2.05) is 42.6 Å². The largest absolute Gasteiger partial charge is 0.444 e. The number of nitrogens with zero attached hydrogens (tertiary/aromatic N) is 1. The number of hydrogen-bond donors (Lipinski definition) is 2. The molecule has 2 aromatic carbocycles. The number of fused-ring (bicyclic) bond motifs is 1. The number of hydrogen-bond acceptors (Lipinski definition) is 3. The average molecular weight is 303 g/mol. The zero-order valence-corrected chi connectivity index (χ0v) is 12.1. The van der Waals surface area contributed by atoms with E-state index in [9.17, 15) is 4.79 Å². The summed E-state index contributed by atoms with van der Waals surface area (Å²) in [7, 11) is 0. The quantitative estimate of drug-likeness (QED) is 0.599. The number of rotatable bonds is 3. The summed E-state index contributed by atoms with van der Waals surface area (Å²) in [6.07, 6.45) is 4.88. The molecule has 112 valence electrons. The number of carbonyl (C=O) groups excluding carboxylic acids is 1. The minimum absolute atomic E-state index is 0.150. The second-order valence-corrected chi connectivity index (χ2v) is 5.14. The monoisotopic (exact) mass is 303 g/mol. The highest BCUT2D eigenvalue weighted by molar-refractivity contribution is 6.08. The van der Waals surface area contributed by atoms with Crippen LogP contribution in [0.2, 0.25) is 0 Å². The standard InChI is InChI=1S/C18H13N3O2/c22-18(21-16-3-1-2-15-14(16)8-9-20-15)13-6-4-12(5-7-13)17-10-19-11-23-17/h1-11,20H,(H,21,22). The number of nitrogens with one attached hydrogen (secondary N) is 2. The van der Waals surface area contributed by atoms with Gasteiger partial charge in [-0.1, -0.05) is 18.2 Å². The van der Waals surface area contributed by atoms with Gasteiger partial charge in [-0.15, -0.1) is 0 Å². The summed E-state index contributed by atoms with van der Waals surface area (Å²) in [5, 5.41) is 3.93. The van der Waals surface area contributed by atoms with Crippen LogP contribution in [0.25, 0.3) is 22.2 Å². The van der Waals surface area contributed by atoms with E-state index in [1.54, 1.807) is 18.3 Å². The minimum Gasteiger partial charge on any atom is -0.444 e. The maximum absolute atomic E-state index is 12.4. The fourth-order valence-electron chi connectivity index (χ4n) is 2.53. The van der Waals surface area contributed by atoms with Gasteiger partial charge in [0.2, 0.25) is 0 Å². The van der Waals surface area contributed by atoms with E-state index in [0.29, 0.717) is 11.3 Å². The molecule has 4 aromatic rings. The van der Waals surface area contributed by atoms with Gasteiger partial charge in [-0.25, -0.2) is 4.98 Å². The van der Waals surface area contributed by atoms with Crippen LogP contribution in [0.4, 0.5) is 5.69 Å². The lowest BCUT2D eigenvalue weighted by atomic mass is 10.1. The number of oxazole rings is 1. The van der Waals surface area contributed by atoms with E-state index in [4.69, 9.17) is 4.42 Å². The third-order valence-corrected chi connectivity index (χ3v) is 3.71. The van der Waals surface area contributed by atoms with Crippen LogP contribution in [0.1, 0.15) is 10.4 Å². The third-order valence-electron chi connectivity index (χ3n) is 3.71. The third kappa shape index (κ3) is 2.48. The molecule has 2 heterocycles. The van der Waals surface area contributed by atoms with Crippen molar-refractivity contribution in [1.29, 1.82) is 0 Å². The van der Waals surface area contributed by atoms with Crippen molar-refractivity contribution < 1.29 is 9.21 Å². The van der Waals surface area contributed by atoms with Crippen molar-refractivity contribution in [2.75, 3.05) is 5.32 Å². The van der Waals surface area contributed by atoms with Gasteiger partial charge in [0.05, 0.1) is 11.9 Å². The summed E-state index contributed by atoms with van der Waals surface area (Å²) >= 11 is 0. The van der Waals surface area contributed by atoms with E-state index in [-0.39, 0.29) is 5.91 Å². The predicted molar refractivity (Wildman–Crippen MR) is 88.2 cm³/mol. The molecule has 0 unspecified atom stereocenters. The Kier molecular flexibility index (Phi) is 3.16. The van der Waals surface area contributed by atoms with Crippen molar-refractivity contribution in [3.8, 4) is 11.3 Å². The maximum atomic E-state index is 12.4. The molecule has 1 amide bonds. The highest BCUT2D eigenvalue weighted by atomic mass is 16.3. The molecule has 0 saturated heterocycles. The first-order valence-electron chi connectivity index (χ1n) is 7.18. The highest BCUT2D eigenvalue weighted by Gasteiger charge is 2.09. The van der Waals surface area contributed by atoms with Crippen LogP contribution in [-0.4, -0.2) is 15.9 Å². The molecule has 0 aliphatic rings. The van der Waals surface area contributed by atoms with Gasteiger partial charge in [0, 0.05) is 28.2 Å². The van der Waals surface area contributed by atoms with Gasteiger partial charge in [-0.05, 0) is 30.3 Å². The van der Waals surface area contributed by atoms with Gasteiger partial charge < -0.3 is 14.7 Å². The number of anilines is 1. The van der Waals surface area contributed by atoms with Gasteiger partial charge >= 0.3 is 0 Å². The Morgan fingerprint density at radius 1 is 1.09 bits per heavy atom. The zero-order valence-electron chi connectivity index (χ0n) is 12.1. The molecule has 0 bridgehead atoms. The van der Waals surface area contributed by atoms with E-state index in [0.717, 1.165) is 22.2 Å². The molecule has 0 aliphatic heterocycles. The Hall–Kier alpha value is -3.34. The van der Waals surface area contributed by atoms with E-state index in [1.165, 1.54) is 6.39 Å². The Bertz CT molecular complexity index is 954. The van der Waals surface area contributed by atoms with E-state index < -0.39 is 0 Å². The molecule has 23 heavy (non-hydrogen) atoms. The molecular formula is C18H13N3O2. The number of carbonyl (C=O) groups is 1. The molecule has 0 atom stereocenters. The van der Waals surface area contributed by atoms with Crippen molar-refractivity contribution in [3.05, 3.63) is 72.9 Å². The van der Waals surface area contributed by atoms with Crippen molar-refractivity contribution >= 4 is 22.5 Å². The lowest BCUT2D eigenvalue weighted by Crippen LogP contribution is -2.11. The number of aromatic nitrogens is 2. The molecule has 0 spiro atoms. The van der Waals surface area contributed by atoms with Crippen LogP contribution < -0.4 is 5.32 Å². The topological polar surface area (TPSA) is 70.9 Å². The Morgan fingerprint density at radius 2 is 1.96 bits per heavy atom. The molecule has 0 saturated carbocycles. The van der Waals surface area contributed by atoms with Crippen molar-refractivity contribution in [2.24, 2.45) is 0 Å². The lowest BCUT2D eigenvalue weighted by Gasteiger charge is -2.07. The van der Waals surface area contributed by atoms with Crippen molar-refractivity contribution in [1.82, 2.24) is 9.97 Å². The fraction of sp³-hybridized carbons (Fsp3) is 0. The molecule has 4 rings (SSSR count). The SMILES string of the molecule is O=C(Nc1cccc2[nH]ccc12)c1ccc(-c2cnco2)cc1. The van der Waals surface area contributed by atoms with E-state index in [2.05, 4.69) is 15.3 Å². The van der Waals surface area contributed by atoms with Crippen LogP contribution in [0, 0.1) is 0 Å². The highest BCUT2D eigenvalue weighted by Crippen LogP contribution is 2.23.